The van der Waals surface area contributed by atoms with Crippen LogP contribution in [-0.2, 0) is 4.79 Å². The third kappa shape index (κ3) is 6.37. The van der Waals surface area contributed by atoms with E-state index in [1.54, 1.807) is 0 Å². The van der Waals surface area contributed by atoms with Gasteiger partial charge in [-0.05, 0) is 64.6 Å². The minimum Gasteiger partial charge on any atom is -0.356 e. The number of carbonyl (C=O) groups excluding carboxylic acids is 1. The van der Waals surface area contributed by atoms with Crippen LogP contribution in [0.1, 0.15) is 64.2 Å². The van der Waals surface area contributed by atoms with Gasteiger partial charge in [0.05, 0.1) is 0 Å². The summed E-state index contributed by atoms with van der Waals surface area (Å²) in [6.07, 6.45) is 12.1. The lowest BCUT2D eigenvalue weighted by molar-refractivity contribution is -0.135. The fourth-order valence-corrected chi connectivity index (χ4v) is 4.75. The van der Waals surface area contributed by atoms with Crippen LogP contribution in [0.15, 0.2) is 4.99 Å². The first kappa shape index (κ1) is 20.4. The quantitative estimate of drug-likeness (QED) is 0.406. The predicted molar refractivity (Wildman–Crippen MR) is 111 cm³/mol. The van der Waals surface area contributed by atoms with E-state index in [0.29, 0.717) is 11.9 Å². The lowest BCUT2D eigenvalue weighted by atomic mass is 9.88. The zero-order valence-corrected chi connectivity index (χ0v) is 17.2. The van der Waals surface area contributed by atoms with Crippen molar-refractivity contribution in [1.29, 1.82) is 0 Å². The molecule has 1 amide bonds. The average molecular weight is 378 g/mol. The van der Waals surface area contributed by atoms with Crippen molar-refractivity contribution in [3.63, 3.8) is 0 Å². The SMILES string of the molecule is CN=C(NCCCCN1CCCC1)NC1CCN(C(=O)C2CCCCC2)C1. The van der Waals surface area contributed by atoms with Crippen molar-refractivity contribution < 1.29 is 4.79 Å². The number of amides is 1. The van der Waals surface area contributed by atoms with Crippen LogP contribution in [0.5, 0.6) is 0 Å². The molecule has 27 heavy (non-hydrogen) atoms. The summed E-state index contributed by atoms with van der Waals surface area (Å²) in [4.78, 5) is 21.7. The van der Waals surface area contributed by atoms with Gasteiger partial charge in [0.25, 0.3) is 0 Å². The molecule has 2 N–H and O–H groups in total. The van der Waals surface area contributed by atoms with Gasteiger partial charge in [0.1, 0.15) is 0 Å². The molecule has 6 heteroatoms. The largest absolute Gasteiger partial charge is 0.356 e. The van der Waals surface area contributed by atoms with E-state index in [4.69, 9.17) is 0 Å². The molecule has 1 atom stereocenters. The molecule has 0 aromatic heterocycles. The van der Waals surface area contributed by atoms with Gasteiger partial charge >= 0.3 is 0 Å². The summed E-state index contributed by atoms with van der Waals surface area (Å²) in [7, 11) is 1.83. The van der Waals surface area contributed by atoms with Crippen molar-refractivity contribution in [2.75, 3.05) is 46.3 Å². The van der Waals surface area contributed by atoms with E-state index in [2.05, 4.69) is 25.4 Å². The van der Waals surface area contributed by atoms with Gasteiger partial charge in [-0.15, -0.1) is 0 Å². The Balaban J connectivity index is 1.30. The Morgan fingerprint density at radius 3 is 2.52 bits per heavy atom. The number of hydrogen-bond donors (Lipinski definition) is 2. The molecule has 3 fully saturated rings. The summed E-state index contributed by atoms with van der Waals surface area (Å²) >= 11 is 0. The summed E-state index contributed by atoms with van der Waals surface area (Å²) in [6.45, 7) is 6.48. The molecular formula is C21H39N5O. The highest BCUT2D eigenvalue weighted by Gasteiger charge is 2.31. The molecule has 0 spiro atoms. The van der Waals surface area contributed by atoms with Gasteiger partial charge in [-0.3, -0.25) is 9.79 Å². The fraction of sp³-hybridized carbons (Fsp3) is 0.905. The molecule has 2 aliphatic heterocycles. The molecule has 1 unspecified atom stereocenters. The molecule has 2 heterocycles. The Hall–Kier alpha value is -1.30. The van der Waals surface area contributed by atoms with E-state index in [0.717, 1.165) is 44.9 Å². The van der Waals surface area contributed by atoms with E-state index >= 15 is 0 Å². The molecule has 0 aromatic carbocycles. The lowest BCUT2D eigenvalue weighted by Crippen LogP contribution is -2.45. The van der Waals surface area contributed by atoms with Crippen molar-refractivity contribution in [2.24, 2.45) is 10.9 Å². The second-order valence-corrected chi connectivity index (χ2v) is 8.50. The smallest absolute Gasteiger partial charge is 0.225 e. The maximum absolute atomic E-state index is 12.7. The second-order valence-electron chi connectivity index (χ2n) is 8.50. The molecule has 0 bridgehead atoms. The minimum atomic E-state index is 0.283. The number of nitrogens with one attached hydrogen (secondary N) is 2. The normalized spacial score (nSPS) is 25.1. The second kappa shape index (κ2) is 10.9. The van der Waals surface area contributed by atoms with Gasteiger partial charge in [0.15, 0.2) is 5.96 Å². The van der Waals surface area contributed by atoms with Crippen LogP contribution >= 0.6 is 0 Å². The van der Waals surface area contributed by atoms with Crippen LogP contribution in [-0.4, -0.2) is 74.0 Å². The average Bonchev–Trinajstić information content (AvgIpc) is 3.39. The van der Waals surface area contributed by atoms with Crippen LogP contribution < -0.4 is 10.6 Å². The molecule has 3 rings (SSSR count). The molecule has 1 aliphatic carbocycles. The monoisotopic (exact) mass is 377 g/mol. The molecule has 1 saturated carbocycles. The minimum absolute atomic E-state index is 0.283. The van der Waals surface area contributed by atoms with Gasteiger partial charge in [-0.25, -0.2) is 0 Å². The van der Waals surface area contributed by atoms with Crippen LogP contribution in [0, 0.1) is 5.92 Å². The summed E-state index contributed by atoms with van der Waals surface area (Å²) < 4.78 is 0. The van der Waals surface area contributed by atoms with Gasteiger partial charge in [-0.1, -0.05) is 19.3 Å². The summed E-state index contributed by atoms with van der Waals surface area (Å²) in [6, 6.07) is 0.327. The highest BCUT2D eigenvalue weighted by atomic mass is 16.2. The van der Waals surface area contributed by atoms with Gasteiger partial charge in [-0.2, -0.15) is 0 Å². The number of hydrogen-bond acceptors (Lipinski definition) is 3. The van der Waals surface area contributed by atoms with E-state index in [9.17, 15) is 4.79 Å². The van der Waals surface area contributed by atoms with Crippen molar-refractivity contribution in [3.8, 4) is 0 Å². The number of aliphatic imine (C=N–C) groups is 1. The Labute approximate surface area is 165 Å². The number of guanidine groups is 1. The maximum atomic E-state index is 12.7. The first-order chi connectivity index (χ1) is 13.3. The van der Waals surface area contributed by atoms with E-state index in [-0.39, 0.29) is 5.92 Å². The first-order valence-electron chi connectivity index (χ1n) is 11.2. The Kier molecular flexibility index (Phi) is 8.24. The molecule has 0 radical (unpaired) electrons. The van der Waals surface area contributed by atoms with Gasteiger partial charge in [0, 0.05) is 38.6 Å². The fourth-order valence-electron chi connectivity index (χ4n) is 4.75. The molecule has 3 aliphatic rings. The number of likely N-dealkylation sites (tertiary alicyclic amines) is 2. The molecule has 6 nitrogen and oxygen atoms in total. The Morgan fingerprint density at radius 1 is 1.00 bits per heavy atom. The van der Waals surface area contributed by atoms with E-state index in [1.165, 1.54) is 64.6 Å². The van der Waals surface area contributed by atoms with Crippen LogP contribution in [0.3, 0.4) is 0 Å². The van der Waals surface area contributed by atoms with Crippen LogP contribution in [0.4, 0.5) is 0 Å². The molecule has 0 aromatic rings. The summed E-state index contributed by atoms with van der Waals surface area (Å²) in [5.74, 6) is 1.56. The van der Waals surface area contributed by atoms with E-state index < -0.39 is 0 Å². The van der Waals surface area contributed by atoms with Crippen molar-refractivity contribution in [1.82, 2.24) is 20.4 Å². The number of nitrogens with zero attached hydrogens (tertiary/aromatic N) is 3. The van der Waals surface area contributed by atoms with Crippen molar-refractivity contribution in [3.05, 3.63) is 0 Å². The maximum Gasteiger partial charge on any atom is 0.225 e. The van der Waals surface area contributed by atoms with Crippen LogP contribution in [0.2, 0.25) is 0 Å². The highest BCUT2D eigenvalue weighted by molar-refractivity contribution is 5.81. The highest BCUT2D eigenvalue weighted by Crippen LogP contribution is 2.26. The summed E-state index contributed by atoms with van der Waals surface area (Å²) in [5, 5.41) is 6.97. The molecular weight excluding hydrogens is 338 g/mol. The van der Waals surface area contributed by atoms with Crippen molar-refractivity contribution in [2.45, 2.75) is 70.3 Å². The number of unbranched alkanes of at least 4 members (excludes halogenated alkanes) is 1. The number of carbonyl (C=O) groups is 1. The molecule has 2 saturated heterocycles. The summed E-state index contributed by atoms with van der Waals surface area (Å²) in [5.41, 5.74) is 0. The molecule has 154 valence electrons. The Bertz CT molecular complexity index is 483. The van der Waals surface area contributed by atoms with Crippen LogP contribution in [0.25, 0.3) is 0 Å². The lowest BCUT2D eigenvalue weighted by Gasteiger charge is -2.26. The van der Waals surface area contributed by atoms with Gasteiger partial charge < -0.3 is 20.4 Å². The standard InChI is InChI=1S/C21H39N5O/c1-22-21(23-12-5-6-13-25-14-7-8-15-25)24-19-11-16-26(17-19)20(27)18-9-3-2-4-10-18/h18-19H,2-17H2,1H3,(H2,22,23,24). The van der Waals surface area contributed by atoms with E-state index in [1.807, 2.05) is 7.05 Å². The first-order valence-corrected chi connectivity index (χ1v) is 11.2. The third-order valence-electron chi connectivity index (χ3n) is 6.41. The Morgan fingerprint density at radius 2 is 1.78 bits per heavy atom. The van der Waals surface area contributed by atoms with Gasteiger partial charge in [0.2, 0.25) is 5.91 Å². The zero-order chi connectivity index (χ0) is 18.9. The van der Waals surface area contributed by atoms with Crippen molar-refractivity contribution >= 4 is 11.9 Å². The zero-order valence-electron chi connectivity index (χ0n) is 17.2. The topological polar surface area (TPSA) is 60.0 Å². The predicted octanol–water partition coefficient (Wildman–Crippen LogP) is 2.21. The third-order valence-corrected chi connectivity index (χ3v) is 6.41. The number of rotatable bonds is 7.